The smallest absolute Gasteiger partial charge is 0.246 e. The van der Waals surface area contributed by atoms with Crippen molar-refractivity contribution in [2.45, 2.75) is 170 Å². The summed E-state index contributed by atoms with van der Waals surface area (Å²) in [5.41, 5.74) is 11.6. The van der Waals surface area contributed by atoms with Gasteiger partial charge in [-0.2, -0.15) is 0 Å². The van der Waals surface area contributed by atoms with Gasteiger partial charge in [0.2, 0.25) is 44.7 Å². The van der Waals surface area contributed by atoms with Gasteiger partial charge in [-0.1, -0.05) is 174 Å². The van der Waals surface area contributed by atoms with Crippen molar-refractivity contribution in [2.75, 3.05) is 0 Å². The highest BCUT2D eigenvalue weighted by Crippen LogP contribution is 2.15. The van der Waals surface area contributed by atoms with Crippen molar-refractivity contribution in [3.05, 3.63) is 284 Å². The van der Waals surface area contributed by atoms with Gasteiger partial charge in [0.05, 0.1) is 13.1 Å². The summed E-state index contributed by atoms with van der Waals surface area (Å²) in [6.07, 6.45) is 55.1. The molecule has 0 radical (unpaired) electrons. The molecule has 0 aliphatic rings. The zero-order valence-corrected chi connectivity index (χ0v) is 51.7. The van der Waals surface area contributed by atoms with Gasteiger partial charge in [0.1, 0.15) is 139 Å². The summed E-state index contributed by atoms with van der Waals surface area (Å²) in [6.45, 7) is 14.8. The van der Waals surface area contributed by atoms with Gasteiger partial charge in [-0.05, 0) is 87.9 Å². The van der Waals surface area contributed by atoms with Crippen LogP contribution in [0.1, 0.15) is 141 Å². The van der Waals surface area contributed by atoms with Crippen LogP contribution in [-0.2, 0) is 78.7 Å². The monoisotopic (exact) mass is 1160 g/mol. The van der Waals surface area contributed by atoms with Crippen molar-refractivity contribution in [3.63, 3.8) is 0 Å². The largest absolute Gasteiger partial charge is 0.454 e. The number of hydrogen-bond donors (Lipinski definition) is 0. The zero-order chi connectivity index (χ0) is 59.2. The summed E-state index contributed by atoms with van der Waals surface area (Å²) in [5.74, 6) is 0.852. The standard InChI is InChI=1S/C74H92N12O/c1-3-5-7-9-11-13-35-75-37-39-77(58-75)49-65-15-19-67(20-16-65)51-79-41-43-81(60-79)53-69-23-25-70(26-24-69)55-83-45-46-84(62-83)57-73-31-33-74(34-32-73)87-64-86-48-47-85(63-86)56-72-29-27-71(28-30-72)54-82-44-42-80(61-82)52-68-21-17-66(18-22-68)50-78-40-38-76(59-78)36-14-12-10-8-6-4-2/h15-34,37-48,58-63H,3-14,35-36,49-57,64H2,1-2H3/q+6. The van der Waals surface area contributed by atoms with Gasteiger partial charge in [0, 0.05) is 0 Å². The van der Waals surface area contributed by atoms with E-state index in [1.54, 1.807) is 0 Å². The van der Waals surface area contributed by atoms with E-state index < -0.39 is 0 Å². The molecule has 0 aliphatic heterocycles. The first kappa shape index (κ1) is 59.9. The van der Waals surface area contributed by atoms with E-state index in [0.29, 0.717) is 6.73 Å². The van der Waals surface area contributed by atoms with Gasteiger partial charge in [-0.15, -0.1) is 0 Å². The highest BCUT2D eigenvalue weighted by Gasteiger charge is 2.14. The molecule has 11 aromatic rings. The van der Waals surface area contributed by atoms with Crippen LogP contribution in [-0.4, -0.2) is 27.4 Å². The van der Waals surface area contributed by atoms with Crippen LogP contribution in [0.15, 0.2) is 234 Å². The summed E-state index contributed by atoms with van der Waals surface area (Å²) in [4.78, 5) is 0. The highest BCUT2D eigenvalue weighted by molar-refractivity contribution is 5.28. The maximum atomic E-state index is 6.21. The van der Waals surface area contributed by atoms with Gasteiger partial charge in [-0.3, -0.25) is 0 Å². The second kappa shape index (κ2) is 31.0. The van der Waals surface area contributed by atoms with Crippen molar-refractivity contribution in [1.29, 1.82) is 0 Å². The fraction of sp³-hybridized carbons (Fsp3) is 0.351. The van der Waals surface area contributed by atoms with Crippen molar-refractivity contribution >= 4 is 0 Å². The molecule has 11 rings (SSSR count). The minimum atomic E-state index is 0.442. The maximum Gasteiger partial charge on any atom is 0.246 e. The molecule has 0 spiro atoms. The third-order valence-corrected chi connectivity index (χ3v) is 16.7. The second-order valence-electron chi connectivity index (χ2n) is 24.2. The molecule has 6 aromatic heterocycles. The van der Waals surface area contributed by atoms with E-state index in [9.17, 15) is 0 Å². The van der Waals surface area contributed by atoms with Crippen LogP contribution < -0.4 is 32.1 Å². The van der Waals surface area contributed by atoms with E-state index in [4.69, 9.17) is 4.74 Å². The summed E-state index contributed by atoms with van der Waals surface area (Å²) >= 11 is 0. The maximum absolute atomic E-state index is 6.21. The molecule has 0 fully saturated rings. The third kappa shape index (κ3) is 18.8. The average molecular weight is 1170 g/mol. The molecule has 0 N–H and O–H groups in total. The molecule has 6 heterocycles. The van der Waals surface area contributed by atoms with E-state index in [2.05, 4.69) is 302 Å². The summed E-state index contributed by atoms with van der Waals surface area (Å²) in [7, 11) is 0. The molecule has 0 saturated heterocycles. The quantitative estimate of drug-likeness (QED) is 0.0288. The number of unbranched alkanes of at least 4 members (excludes halogenated alkanes) is 10. The van der Waals surface area contributed by atoms with Crippen molar-refractivity contribution in [1.82, 2.24) is 27.4 Å². The molecule has 448 valence electrons. The normalized spacial score (nSPS) is 11.5. The number of imidazole rings is 6. The van der Waals surface area contributed by atoms with Crippen LogP contribution in [0.5, 0.6) is 5.75 Å². The molecule has 0 bridgehead atoms. The predicted octanol–water partition coefficient (Wildman–Crippen LogP) is 11.4. The number of aromatic nitrogens is 12. The minimum Gasteiger partial charge on any atom is -0.454 e. The Balaban J connectivity index is 0.558. The Labute approximate surface area is 516 Å². The highest BCUT2D eigenvalue weighted by atomic mass is 16.5. The summed E-state index contributed by atoms with van der Waals surface area (Å²) in [5, 5.41) is 0. The van der Waals surface area contributed by atoms with Crippen LogP contribution in [0, 0.1) is 0 Å². The lowest BCUT2D eigenvalue weighted by Gasteiger charge is -2.05. The molecular weight excluding hydrogens is 1070 g/mol. The van der Waals surface area contributed by atoms with E-state index in [1.165, 1.54) is 127 Å². The van der Waals surface area contributed by atoms with Crippen molar-refractivity contribution < 1.29 is 32.1 Å². The number of ether oxygens (including phenoxy) is 1. The Kier molecular flexibility index (Phi) is 21.3. The lowest BCUT2D eigenvalue weighted by atomic mass is 10.1. The average Bonchev–Trinajstić information content (AvgIpc) is 4.46. The van der Waals surface area contributed by atoms with Crippen molar-refractivity contribution in [2.24, 2.45) is 0 Å². The van der Waals surface area contributed by atoms with Crippen LogP contribution in [0.3, 0.4) is 0 Å². The Hall–Kier alpha value is -8.84. The Morgan fingerprint density at radius 3 is 0.828 bits per heavy atom. The first-order valence-electron chi connectivity index (χ1n) is 32.2. The lowest BCUT2D eigenvalue weighted by molar-refractivity contribution is -0.724. The van der Waals surface area contributed by atoms with E-state index in [0.717, 1.165) is 77.7 Å². The van der Waals surface area contributed by atoms with Crippen LogP contribution in [0.4, 0.5) is 0 Å². The predicted molar refractivity (Wildman–Crippen MR) is 339 cm³/mol. The lowest BCUT2D eigenvalue weighted by Crippen LogP contribution is -2.34. The van der Waals surface area contributed by atoms with E-state index in [1.807, 2.05) is 0 Å². The second-order valence-corrected chi connectivity index (χ2v) is 24.2. The first-order valence-corrected chi connectivity index (χ1v) is 32.2. The summed E-state index contributed by atoms with van der Waals surface area (Å²) < 4.78 is 33.3. The number of benzene rings is 5. The first-order chi connectivity index (χ1) is 42.9. The van der Waals surface area contributed by atoms with Gasteiger partial charge in [-0.25, -0.2) is 54.8 Å². The molecule has 5 aromatic carbocycles. The molecule has 0 atom stereocenters. The van der Waals surface area contributed by atoms with E-state index in [-0.39, 0.29) is 0 Å². The Morgan fingerprint density at radius 1 is 0.264 bits per heavy atom. The van der Waals surface area contributed by atoms with Crippen LogP contribution in [0.2, 0.25) is 0 Å². The van der Waals surface area contributed by atoms with Crippen LogP contribution >= 0.6 is 0 Å². The topological polar surface area (TPSA) is 62.1 Å². The van der Waals surface area contributed by atoms with Gasteiger partial charge >= 0.3 is 0 Å². The Bertz CT molecular complexity index is 3760. The Morgan fingerprint density at radius 2 is 0.506 bits per heavy atom. The van der Waals surface area contributed by atoms with Gasteiger partial charge in [0.25, 0.3) is 0 Å². The third-order valence-electron chi connectivity index (χ3n) is 16.7. The fourth-order valence-electron chi connectivity index (χ4n) is 11.7. The number of nitrogens with zero attached hydrogens (tertiary/aromatic N) is 12. The SMILES string of the molecule is CCCCCCCCn1cc[n+](Cc2ccc(C[n+]3ccn(Cc4ccc(Cn5cc[n+](COc6ccc(C[n+]7ccn(Cc8ccc(Cn9cc[n+](Cc%10ccc(C[n+]%11ccn(CCCCCCCC)c%11)cc%10)c9)cc8)c7)cc6)c5)cc4)c3)cc2)c1. The van der Waals surface area contributed by atoms with E-state index >= 15 is 0 Å². The van der Waals surface area contributed by atoms with Crippen molar-refractivity contribution in [3.8, 4) is 5.75 Å². The molecule has 13 nitrogen and oxygen atoms in total. The van der Waals surface area contributed by atoms with Gasteiger partial charge < -0.3 is 4.74 Å². The molecule has 0 amide bonds. The number of hydrogen-bond acceptors (Lipinski definition) is 1. The number of aryl methyl sites for hydroxylation is 2. The van der Waals surface area contributed by atoms with Crippen LogP contribution in [0.25, 0.3) is 0 Å². The molecule has 0 aliphatic carbocycles. The molecule has 0 unspecified atom stereocenters. The molecule has 0 saturated carbocycles. The summed E-state index contributed by atoms with van der Waals surface area (Å²) in [6, 6.07) is 44.6. The zero-order valence-electron chi connectivity index (χ0n) is 51.7. The minimum absolute atomic E-state index is 0.442. The fourth-order valence-corrected chi connectivity index (χ4v) is 11.7. The molecule has 87 heavy (non-hydrogen) atoms. The molecule has 13 heteroatoms. The molecular formula is C74H92N12O+6. The number of rotatable bonds is 35. The van der Waals surface area contributed by atoms with Gasteiger partial charge in [0.15, 0.2) is 0 Å².